The van der Waals surface area contributed by atoms with Gasteiger partial charge in [0.15, 0.2) is 11.5 Å². The van der Waals surface area contributed by atoms with Crippen molar-refractivity contribution < 1.29 is 23.8 Å². The lowest BCUT2D eigenvalue weighted by atomic mass is 10.0. The van der Waals surface area contributed by atoms with E-state index >= 15 is 0 Å². The van der Waals surface area contributed by atoms with Crippen LogP contribution in [0.4, 0.5) is 4.79 Å². The maximum atomic E-state index is 13.1. The van der Waals surface area contributed by atoms with Gasteiger partial charge in [0, 0.05) is 10.6 Å². The molecule has 0 spiro atoms. The Labute approximate surface area is 251 Å². The zero-order valence-electron chi connectivity index (χ0n) is 22.1. The molecule has 6 nitrogen and oxygen atoms in total. The molecule has 3 aromatic rings. The van der Waals surface area contributed by atoms with E-state index in [1.165, 1.54) is 4.90 Å². The summed E-state index contributed by atoms with van der Waals surface area (Å²) in [5.74, 6) is 1.85. The van der Waals surface area contributed by atoms with E-state index in [2.05, 4.69) is 48.6 Å². The molecule has 0 aliphatic carbocycles. The molecule has 3 aromatic carbocycles. The van der Waals surface area contributed by atoms with Gasteiger partial charge in [0.05, 0.1) is 22.1 Å². The molecule has 39 heavy (non-hydrogen) atoms. The quantitative estimate of drug-likeness (QED) is 0.160. The number of nitrogens with zero attached hydrogens (tertiary/aromatic N) is 1. The van der Waals surface area contributed by atoms with Gasteiger partial charge in [-0.25, -0.2) is 0 Å². The number of carbonyl (C=O) groups excluding carboxylic acids is 2. The Balaban J connectivity index is 1.45. The fourth-order valence-corrected chi connectivity index (χ4v) is 5.90. The first-order valence-corrected chi connectivity index (χ1v) is 14.7. The number of aryl methyl sites for hydroxylation is 1. The molecule has 0 radical (unpaired) electrons. The number of imide groups is 1. The third kappa shape index (κ3) is 7.10. The second-order valence-corrected chi connectivity index (χ2v) is 11.9. The molecule has 9 heteroatoms. The van der Waals surface area contributed by atoms with E-state index in [4.69, 9.17) is 25.8 Å². The van der Waals surface area contributed by atoms with Crippen LogP contribution in [0.3, 0.4) is 0 Å². The van der Waals surface area contributed by atoms with Crippen molar-refractivity contribution in [2.45, 2.75) is 33.3 Å². The average molecular weight is 678 g/mol. The molecule has 4 rings (SSSR count). The molecule has 0 saturated carbocycles. The van der Waals surface area contributed by atoms with Gasteiger partial charge in [-0.3, -0.25) is 14.5 Å². The van der Waals surface area contributed by atoms with Crippen LogP contribution in [-0.2, 0) is 11.4 Å². The van der Waals surface area contributed by atoms with Gasteiger partial charge in [-0.05, 0) is 94.2 Å². The first-order chi connectivity index (χ1) is 18.7. The van der Waals surface area contributed by atoms with Crippen LogP contribution in [0.1, 0.15) is 42.0 Å². The zero-order chi connectivity index (χ0) is 28.1. The molecular formula is C30H29ClINO5S. The molecule has 1 heterocycles. The number of amides is 2. The Morgan fingerprint density at radius 2 is 1.82 bits per heavy atom. The van der Waals surface area contributed by atoms with Crippen LogP contribution in [0.2, 0.25) is 5.02 Å². The van der Waals surface area contributed by atoms with Crippen molar-refractivity contribution in [3.8, 4) is 17.2 Å². The number of halogens is 2. The first-order valence-electron chi connectivity index (χ1n) is 12.4. The van der Waals surface area contributed by atoms with Gasteiger partial charge in [0.1, 0.15) is 19.0 Å². The van der Waals surface area contributed by atoms with E-state index < -0.39 is 0 Å². The lowest BCUT2D eigenvalue weighted by Gasteiger charge is -2.17. The number of methoxy groups -OCH3 is 1. The maximum Gasteiger partial charge on any atom is 0.293 e. The summed E-state index contributed by atoms with van der Waals surface area (Å²) in [5.41, 5.74) is 3.78. The fraction of sp³-hybridized carbons (Fsp3) is 0.267. The highest BCUT2D eigenvalue weighted by Gasteiger charge is 2.35. The minimum Gasteiger partial charge on any atom is -0.493 e. The molecule has 2 amide bonds. The Morgan fingerprint density at radius 1 is 1.05 bits per heavy atom. The Hall–Kier alpha value is -2.69. The Bertz CT molecular complexity index is 1420. The standard InChI is InChI=1S/C30H29ClINO5S/c1-18(2)22-10-9-19(3)13-25(22)37-12-11-33-29(34)27(39-30(33)35)16-20-14-24(32)28(26(15-20)36-4)38-17-21-7-5-6-8-23(21)31/h5-10,13-16,18H,11-12,17H2,1-4H3/b27-16-. The highest BCUT2D eigenvalue weighted by Crippen LogP contribution is 2.38. The van der Waals surface area contributed by atoms with E-state index in [9.17, 15) is 9.59 Å². The van der Waals surface area contributed by atoms with Crippen molar-refractivity contribution in [3.63, 3.8) is 0 Å². The molecule has 1 aliphatic rings. The largest absolute Gasteiger partial charge is 0.493 e. The van der Waals surface area contributed by atoms with Crippen LogP contribution in [0, 0.1) is 10.5 Å². The normalized spacial score (nSPS) is 14.4. The van der Waals surface area contributed by atoms with E-state index in [1.54, 1.807) is 19.3 Å². The predicted octanol–water partition coefficient (Wildman–Crippen LogP) is 8.08. The molecule has 0 N–H and O–H groups in total. The van der Waals surface area contributed by atoms with Gasteiger partial charge in [-0.1, -0.05) is 55.8 Å². The van der Waals surface area contributed by atoms with Crippen molar-refractivity contribution in [1.82, 2.24) is 4.90 Å². The lowest BCUT2D eigenvalue weighted by molar-refractivity contribution is -0.123. The summed E-state index contributed by atoms with van der Waals surface area (Å²) < 4.78 is 18.4. The molecule has 204 valence electrons. The molecule has 0 unspecified atom stereocenters. The monoisotopic (exact) mass is 677 g/mol. The SMILES string of the molecule is COc1cc(/C=C2\SC(=O)N(CCOc3cc(C)ccc3C(C)C)C2=O)cc(I)c1OCc1ccccc1Cl. The minimum atomic E-state index is -0.338. The number of thioether (sulfide) groups is 1. The number of rotatable bonds is 10. The Kier molecular flexibility index (Phi) is 9.85. The van der Waals surface area contributed by atoms with Crippen molar-refractivity contribution in [3.05, 3.63) is 90.3 Å². The second kappa shape index (κ2) is 13.1. The predicted molar refractivity (Wildman–Crippen MR) is 165 cm³/mol. The number of hydrogen-bond donors (Lipinski definition) is 0. The second-order valence-electron chi connectivity index (χ2n) is 9.29. The molecule has 1 fully saturated rings. The summed E-state index contributed by atoms with van der Waals surface area (Å²) in [6.45, 7) is 6.89. The third-order valence-electron chi connectivity index (χ3n) is 6.12. The number of hydrogen-bond acceptors (Lipinski definition) is 6. The molecule has 1 saturated heterocycles. The topological polar surface area (TPSA) is 65.1 Å². The Morgan fingerprint density at radius 3 is 2.54 bits per heavy atom. The van der Waals surface area contributed by atoms with Gasteiger partial charge in [0.25, 0.3) is 11.1 Å². The number of ether oxygens (including phenoxy) is 3. The third-order valence-corrected chi connectivity index (χ3v) is 8.19. The summed E-state index contributed by atoms with van der Waals surface area (Å²) in [5, 5.41) is 0.313. The van der Waals surface area contributed by atoms with Gasteiger partial charge in [-0.15, -0.1) is 0 Å². The van der Waals surface area contributed by atoms with Crippen LogP contribution in [0.25, 0.3) is 6.08 Å². The zero-order valence-corrected chi connectivity index (χ0v) is 25.9. The first kappa shape index (κ1) is 29.3. The molecule has 0 bridgehead atoms. The van der Waals surface area contributed by atoms with Crippen molar-refractivity contribution in [2.24, 2.45) is 0 Å². The summed E-state index contributed by atoms with van der Waals surface area (Å²) in [4.78, 5) is 27.3. The van der Waals surface area contributed by atoms with Gasteiger partial charge in [-0.2, -0.15) is 0 Å². The van der Waals surface area contributed by atoms with E-state index in [1.807, 2.05) is 43.3 Å². The van der Waals surface area contributed by atoms with E-state index in [0.717, 1.165) is 43.3 Å². The molecule has 0 atom stereocenters. The van der Waals surface area contributed by atoms with Crippen LogP contribution in [0.5, 0.6) is 17.2 Å². The van der Waals surface area contributed by atoms with Crippen LogP contribution < -0.4 is 14.2 Å². The summed E-state index contributed by atoms with van der Waals surface area (Å²) in [6, 6.07) is 17.3. The van der Waals surface area contributed by atoms with Crippen LogP contribution >= 0.6 is 46.0 Å². The van der Waals surface area contributed by atoms with Crippen molar-refractivity contribution in [1.29, 1.82) is 0 Å². The number of carbonyl (C=O) groups is 2. The van der Waals surface area contributed by atoms with Gasteiger partial charge < -0.3 is 14.2 Å². The van der Waals surface area contributed by atoms with Crippen LogP contribution in [0.15, 0.2) is 59.5 Å². The highest BCUT2D eigenvalue weighted by atomic mass is 127. The summed E-state index contributed by atoms with van der Waals surface area (Å²) in [7, 11) is 1.56. The fourth-order valence-electron chi connectivity index (χ4n) is 4.06. The van der Waals surface area contributed by atoms with Gasteiger partial charge >= 0.3 is 0 Å². The lowest BCUT2D eigenvalue weighted by Crippen LogP contribution is -2.32. The summed E-state index contributed by atoms with van der Waals surface area (Å²) >= 11 is 9.34. The minimum absolute atomic E-state index is 0.170. The maximum absolute atomic E-state index is 13.1. The average Bonchev–Trinajstić information content (AvgIpc) is 3.15. The van der Waals surface area contributed by atoms with Gasteiger partial charge in [0.2, 0.25) is 0 Å². The van der Waals surface area contributed by atoms with Crippen LogP contribution in [-0.4, -0.2) is 36.3 Å². The van der Waals surface area contributed by atoms with E-state index in [-0.39, 0.29) is 30.9 Å². The van der Waals surface area contributed by atoms with E-state index in [0.29, 0.717) is 27.3 Å². The number of benzene rings is 3. The molecule has 1 aliphatic heterocycles. The molecule has 0 aromatic heterocycles. The van der Waals surface area contributed by atoms with Crippen molar-refractivity contribution >= 4 is 63.2 Å². The van der Waals surface area contributed by atoms with Crippen molar-refractivity contribution in [2.75, 3.05) is 20.3 Å². The summed E-state index contributed by atoms with van der Waals surface area (Å²) in [6.07, 6.45) is 1.70. The smallest absolute Gasteiger partial charge is 0.293 e. The molecular weight excluding hydrogens is 649 g/mol. The highest BCUT2D eigenvalue weighted by molar-refractivity contribution is 14.1.